The maximum absolute atomic E-state index is 6.27. The van der Waals surface area contributed by atoms with Gasteiger partial charge in [0, 0.05) is 36.6 Å². The zero-order valence-electron chi connectivity index (χ0n) is 16.0. The molecule has 138 valence electrons. The molecule has 0 radical (unpaired) electrons. The van der Waals surface area contributed by atoms with Crippen LogP contribution in [-0.4, -0.2) is 37.1 Å². The maximum Gasteiger partial charge on any atom is 0.0441 e. The lowest BCUT2D eigenvalue weighted by atomic mass is 9.83. The van der Waals surface area contributed by atoms with E-state index in [4.69, 9.17) is 11.6 Å². The van der Waals surface area contributed by atoms with E-state index in [2.05, 4.69) is 73.5 Å². The van der Waals surface area contributed by atoms with Gasteiger partial charge in [0.2, 0.25) is 0 Å². The molecule has 0 aromatic heterocycles. The van der Waals surface area contributed by atoms with Gasteiger partial charge in [0.1, 0.15) is 0 Å². The second-order valence-electron chi connectivity index (χ2n) is 7.11. The molecule has 1 N–H and O–H groups in total. The van der Waals surface area contributed by atoms with Crippen LogP contribution in [0.2, 0.25) is 5.02 Å². The lowest BCUT2D eigenvalue weighted by molar-refractivity contribution is 0.0872. The summed E-state index contributed by atoms with van der Waals surface area (Å²) < 4.78 is 0. The summed E-state index contributed by atoms with van der Waals surface area (Å²) in [5, 5.41) is 4.15. The molecule has 2 unspecified atom stereocenters. The number of rotatable bonds is 7. The first-order valence-electron chi connectivity index (χ1n) is 9.57. The van der Waals surface area contributed by atoms with Gasteiger partial charge < -0.3 is 5.32 Å². The van der Waals surface area contributed by atoms with E-state index in [9.17, 15) is 0 Å². The quantitative estimate of drug-likeness (QED) is 0.529. The summed E-state index contributed by atoms with van der Waals surface area (Å²) >= 11 is 6.27. The summed E-state index contributed by atoms with van der Waals surface area (Å²) in [5.41, 5.74) is 5.05. The predicted octanol–water partition coefficient (Wildman–Crippen LogP) is 5.27. The van der Waals surface area contributed by atoms with Crippen LogP contribution in [0, 0.1) is 6.92 Å². The highest BCUT2D eigenvalue weighted by Gasteiger charge is 2.35. The minimum Gasteiger partial charge on any atom is -0.314 e. The molecule has 3 heteroatoms. The van der Waals surface area contributed by atoms with Crippen molar-refractivity contribution in [3.63, 3.8) is 0 Å². The van der Waals surface area contributed by atoms with Gasteiger partial charge in [-0.25, -0.2) is 0 Å². The number of nitrogens with one attached hydrogen (secondary N) is 1. The van der Waals surface area contributed by atoms with Crippen molar-refractivity contribution in [3.8, 4) is 11.1 Å². The molecule has 2 aromatic carbocycles. The Morgan fingerprint density at radius 3 is 2.62 bits per heavy atom. The van der Waals surface area contributed by atoms with E-state index >= 15 is 0 Å². The molecule has 2 nitrogen and oxygen atoms in total. The number of nitrogens with zero attached hydrogens (tertiary/aromatic N) is 1. The fourth-order valence-corrected chi connectivity index (χ4v) is 3.84. The van der Waals surface area contributed by atoms with Gasteiger partial charge in [-0.15, -0.1) is 0 Å². The molecule has 0 amide bonds. The molecular formula is C23H29ClN2. The molecule has 0 saturated carbocycles. The predicted molar refractivity (Wildman–Crippen MR) is 113 cm³/mol. The topological polar surface area (TPSA) is 15.3 Å². The second-order valence-corrected chi connectivity index (χ2v) is 7.52. The van der Waals surface area contributed by atoms with Crippen molar-refractivity contribution in [3.05, 3.63) is 70.8 Å². The van der Waals surface area contributed by atoms with Gasteiger partial charge in [0.15, 0.2) is 0 Å². The number of hydrogen-bond acceptors (Lipinski definition) is 2. The molecule has 1 saturated heterocycles. The van der Waals surface area contributed by atoms with Crippen molar-refractivity contribution in [1.29, 1.82) is 0 Å². The van der Waals surface area contributed by atoms with Crippen LogP contribution in [-0.2, 0) is 0 Å². The summed E-state index contributed by atoms with van der Waals surface area (Å²) in [5.74, 6) is 0.631. The van der Waals surface area contributed by atoms with Gasteiger partial charge in [-0.1, -0.05) is 67.1 Å². The molecule has 1 aliphatic heterocycles. The van der Waals surface area contributed by atoms with Gasteiger partial charge in [-0.2, -0.15) is 0 Å². The van der Waals surface area contributed by atoms with Crippen molar-refractivity contribution in [2.24, 2.45) is 0 Å². The summed E-state index contributed by atoms with van der Waals surface area (Å²) in [6.07, 6.45) is 4.51. The van der Waals surface area contributed by atoms with Crippen molar-refractivity contribution in [2.45, 2.75) is 32.7 Å². The van der Waals surface area contributed by atoms with E-state index in [-0.39, 0.29) is 0 Å². The standard InChI is InChI=1S/C23H29ClN2/c1-4-25-14-5-6-15-26-16-22(18(26)3)20-12-10-19(11-13-20)21-8-7-9-23(24)17(21)2/h5-13,18,22,25H,4,14-16H2,1-3H3/b6-5-. The van der Waals surface area contributed by atoms with Gasteiger partial charge in [-0.05, 0) is 48.7 Å². The molecule has 1 fully saturated rings. The highest BCUT2D eigenvalue weighted by molar-refractivity contribution is 6.31. The molecule has 2 aromatic rings. The first-order chi connectivity index (χ1) is 12.6. The van der Waals surface area contributed by atoms with Crippen molar-refractivity contribution in [1.82, 2.24) is 10.2 Å². The summed E-state index contributed by atoms with van der Waals surface area (Å²) in [6.45, 7) is 10.7. The fourth-order valence-electron chi connectivity index (χ4n) is 3.66. The third-order valence-corrected chi connectivity index (χ3v) is 5.94. The van der Waals surface area contributed by atoms with Crippen LogP contribution in [0.5, 0.6) is 0 Å². The van der Waals surface area contributed by atoms with Gasteiger partial charge in [0.25, 0.3) is 0 Å². The third-order valence-electron chi connectivity index (χ3n) is 5.53. The average Bonchev–Trinajstić information content (AvgIpc) is 2.66. The largest absolute Gasteiger partial charge is 0.314 e. The van der Waals surface area contributed by atoms with Crippen LogP contribution in [0.15, 0.2) is 54.6 Å². The Labute approximate surface area is 162 Å². The Hall–Kier alpha value is -1.61. The average molecular weight is 369 g/mol. The van der Waals surface area contributed by atoms with Gasteiger partial charge in [-0.3, -0.25) is 4.90 Å². The van der Waals surface area contributed by atoms with Crippen LogP contribution in [0.4, 0.5) is 0 Å². The van der Waals surface area contributed by atoms with Crippen LogP contribution >= 0.6 is 11.6 Å². The zero-order valence-corrected chi connectivity index (χ0v) is 16.8. The molecule has 0 bridgehead atoms. The highest BCUT2D eigenvalue weighted by Crippen LogP contribution is 2.35. The Kier molecular flexibility index (Phi) is 6.53. The minimum atomic E-state index is 0.595. The van der Waals surface area contributed by atoms with Crippen LogP contribution in [0.25, 0.3) is 11.1 Å². The lowest BCUT2D eigenvalue weighted by Gasteiger charge is -2.46. The van der Waals surface area contributed by atoms with E-state index < -0.39 is 0 Å². The Morgan fingerprint density at radius 2 is 1.92 bits per heavy atom. The van der Waals surface area contributed by atoms with Crippen molar-refractivity contribution >= 4 is 11.6 Å². The molecule has 0 aliphatic carbocycles. The maximum atomic E-state index is 6.27. The first kappa shape index (κ1) is 19.2. The highest BCUT2D eigenvalue weighted by atomic mass is 35.5. The Bertz CT molecular complexity index is 751. The molecule has 26 heavy (non-hydrogen) atoms. The number of likely N-dealkylation sites (tertiary alicyclic amines) is 1. The SMILES string of the molecule is CCNC/C=C\CN1CC(c2ccc(-c3cccc(Cl)c3C)cc2)C1C. The van der Waals surface area contributed by atoms with E-state index in [0.29, 0.717) is 12.0 Å². The van der Waals surface area contributed by atoms with Crippen molar-refractivity contribution < 1.29 is 0 Å². The number of halogens is 1. The molecule has 2 atom stereocenters. The van der Waals surface area contributed by atoms with Gasteiger partial charge in [0.05, 0.1) is 0 Å². The van der Waals surface area contributed by atoms with E-state index in [0.717, 1.165) is 36.8 Å². The smallest absolute Gasteiger partial charge is 0.0441 e. The van der Waals surface area contributed by atoms with Crippen LogP contribution in [0.1, 0.15) is 30.9 Å². The second kappa shape index (κ2) is 8.85. The number of likely N-dealkylation sites (N-methyl/N-ethyl adjacent to an activating group) is 1. The molecule has 1 heterocycles. The van der Waals surface area contributed by atoms with Crippen LogP contribution in [0.3, 0.4) is 0 Å². The summed E-state index contributed by atoms with van der Waals surface area (Å²) in [6, 6.07) is 15.8. The molecule has 3 rings (SSSR count). The molecule has 1 aliphatic rings. The van der Waals surface area contributed by atoms with E-state index in [1.54, 1.807) is 0 Å². The lowest BCUT2D eigenvalue weighted by Crippen LogP contribution is -2.52. The summed E-state index contributed by atoms with van der Waals surface area (Å²) in [4.78, 5) is 2.53. The first-order valence-corrected chi connectivity index (χ1v) is 9.94. The third kappa shape index (κ3) is 4.20. The van der Waals surface area contributed by atoms with Gasteiger partial charge >= 0.3 is 0 Å². The Balaban J connectivity index is 1.60. The fraction of sp³-hybridized carbons (Fsp3) is 0.391. The number of hydrogen-bond donors (Lipinski definition) is 1. The minimum absolute atomic E-state index is 0.595. The zero-order chi connectivity index (χ0) is 18.5. The monoisotopic (exact) mass is 368 g/mol. The van der Waals surface area contributed by atoms with Crippen LogP contribution < -0.4 is 5.32 Å². The van der Waals surface area contributed by atoms with Crippen molar-refractivity contribution in [2.75, 3.05) is 26.2 Å². The number of benzene rings is 2. The normalized spacial score (nSPS) is 20.5. The Morgan fingerprint density at radius 1 is 1.15 bits per heavy atom. The van der Waals surface area contributed by atoms with E-state index in [1.165, 1.54) is 16.7 Å². The molecular weight excluding hydrogens is 340 g/mol. The van der Waals surface area contributed by atoms with E-state index in [1.807, 2.05) is 12.1 Å². The summed E-state index contributed by atoms with van der Waals surface area (Å²) in [7, 11) is 0. The molecule has 0 spiro atoms.